The first-order valence-electron chi connectivity index (χ1n) is 12.6. The van der Waals surface area contributed by atoms with Gasteiger partial charge in [0.1, 0.15) is 17.2 Å². The molecule has 7 rings (SSSR count). The lowest BCUT2D eigenvalue weighted by atomic mass is 9.90. The van der Waals surface area contributed by atoms with E-state index in [2.05, 4.69) is 9.97 Å². The summed E-state index contributed by atoms with van der Waals surface area (Å²) >= 11 is 0. The van der Waals surface area contributed by atoms with Gasteiger partial charge in [0, 0.05) is 54.3 Å². The Bertz CT molecular complexity index is 1970. The third-order valence-corrected chi connectivity index (χ3v) is 9.11. The zero-order chi connectivity index (χ0) is 26.8. The van der Waals surface area contributed by atoms with Crippen molar-refractivity contribution in [2.24, 2.45) is 0 Å². The highest BCUT2D eigenvalue weighted by atomic mass is 32.2. The molecule has 39 heavy (non-hydrogen) atoms. The smallest absolute Gasteiger partial charge is 0.269 e. The van der Waals surface area contributed by atoms with Gasteiger partial charge in [0.2, 0.25) is 0 Å². The molecule has 1 aliphatic heterocycles. The highest BCUT2D eigenvalue weighted by molar-refractivity contribution is 7.90. The molecule has 4 aromatic heterocycles. The number of rotatable bonds is 5. The first kappa shape index (κ1) is 23.6. The summed E-state index contributed by atoms with van der Waals surface area (Å²) in [5, 5.41) is 12.2. The van der Waals surface area contributed by atoms with Gasteiger partial charge < -0.3 is 14.1 Å². The normalized spacial score (nSPS) is 17.1. The second-order valence-electron chi connectivity index (χ2n) is 9.87. The Kier molecular flexibility index (Phi) is 5.16. The van der Waals surface area contributed by atoms with Crippen LogP contribution in [0.4, 0.5) is 0 Å². The summed E-state index contributed by atoms with van der Waals surface area (Å²) in [6, 6.07) is 19.9. The minimum absolute atomic E-state index is 0.185. The van der Waals surface area contributed by atoms with Gasteiger partial charge in [0.15, 0.2) is 5.65 Å². The molecule has 194 valence electrons. The van der Waals surface area contributed by atoms with E-state index >= 15 is 0 Å². The Morgan fingerprint density at radius 2 is 1.82 bits per heavy atom. The molecule has 1 aliphatic rings. The summed E-state index contributed by atoms with van der Waals surface area (Å²) in [6.45, 7) is 2.61. The largest absolute Gasteiger partial charge is 0.464 e. The fraction of sp³-hybridized carbons (Fsp3) is 0.133. The van der Waals surface area contributed by atoms with Crippen molar-refractivity contribution in [1.82, 2.24) is 18.5 Å². The van der Waals surface area contributed by atoms with Crippen LogP contribution < -0.4 is 0 Å². The maximum absolute atomic E-state index is 13.6. The first-order chi connectivity index (χ1) is 18.8. The van der Waals surface area contributed by atoms with Gasteiger partial charge in [-0.05, 0) is 54.4 Å². The van der Waals surface area contributed by atoms with E-state index in [0.29, 0.717) is 41.1 Å². The van der Waals surface area contributed by atoms with Crippen LogP contribution in [0.1, 0.15) is 23.4 Å². The van der Waals surface area contributed by atoms with Crippen LogP contribution in [-0.4, -0.2) is 32.0 Å². The summed E-state index contributed by atoms with van der Waals surface area (Å²) in [5.74, 6) is 1.16. The molecule has 6 aromatic rings. The lowest BCUT2D eigenvalue weighted by Gasteiger charge is -2.22. The molecule has 0 bridgehead atoms. The minimum Gasteiger partial charge on any atom is -0.464 e. The number of furan rings is 1. The van der Waals surface area contributed by atoms with Crippen LogP contribution in [0.3, 0.4) is 0 Å². The van der Waals surface area contributed by atoms with E-state index in [1.807, 2.05) is 54.1 Å². The van der Waals surface area contributed by atoms with Crippen molar-refractivity contribution in [1.29, 1.82) is 0 Å². The van der Waals surface area contributed by atoms with Crippen LogP contribution >= 0.6 is 0 Å². The third-order valence-electron chi connectivity index (χ3n) is 7.45. The van der Waals surface area contributed by atoms with Crippen LogP contribution in [0, 0.1) is 6.92 Å². The topological polar surface area (TPSA) is 103 Å². The van der Waals surface area contributed by atoms with E-state index in [9.17, 15) is 13.5 Å². The maximum atomic E-state index is 13.6. The molecule has 0 aliphatic carbocycles. The molecule has 9 heteroatoms. The van der Waals surface area contributed by atoms with Gasteiger partial charge in [-0.2, -0.15) is 0 Å². The minimum atomic E-state index is -3.88. The Labute approximate surface area is 224 Å². The van der Waals surface area contributed by atoms with Crippen LogP contribution in [0.2, 0.25) is 0 Å². The van der Waals surface area contributed by atoms with Crippen molar-refractivity contribution < 1.29 is 17.9 Å². The van der Waals surface area contributed by atoms with Crippen LogP contribution in [0.5, 0.6) is 0 Å². The molecule has 0 saturated heterocycles. The molecule has 1 atom stereocenters. The predicted octanol–water partition coefficient (Wildman–Crippen LogP) is 5.34. The molecule has 2 aromatic carbocycles. The number of aliphatic hydroxyl groups is 1. The zero-order valence-electron chi connectivity index (χ0n) is 21.0. The number of imidazole rings is 1. The molecule has 0 radical (unpaired) electrons. The average molecular weight is 537 g/mol. The number of fused-ring (bicyclic) bond motifs is 2. The summed E-state index contributed by atoms with van der Waals surface area (Å²) in [7, 11) is -3.88. The van der Waals surface area contributed by atoms with Gasteiger partial charge in [-0.3, -0.25) is 0 Å². The van der Waals surface area contributed by atoms with E-state index in [4.69, 9.17) is 4.42 Å². The Balaban J connectivity index is 1.29. The molecule has 5 heterocycles. The lowest BCUT2D eigenvalue weighted by molar-refractivity contribution is 0.0786. The van der Waals surface area contributed by atoms with Crippen molar-refractivity contribution >= 4 is 21.1 Å². The van der Waals surface area contributed by atoms with Gasteiger partial charge in [0.25, 0.3) is 10.0 Å². The number of hydrogen-bond donors (Lipinski definition) is 1. The van der Waals surface area contributed by atoms with Gasteiger partial charge in [-0.15, -0.1) is 0 Å². The molecule has 0 unspecified atom stereocenters. The highest BCUT2D eigenvalue weighted by Gasteiger charge is 2.40. The Hall–Kier alpha value is -4.47. The predicted molar refractivity (Wildman–Crippen MR) is 146 cm³/mol. The number of pyridine rings is 1. The van der Waals surface area contributed by atoms with E-state index in [1.165, 1.54) is 3.97 Å². The molecule has 0 spiro atoms. The van der Waals surface area contributed by atoms with Gasteiger partial charge in [0.05, 0.1) is 11.2 Å². The first-order valence-corrected chi connectivity index (χ1v) is 14.0. The number of aromatic nitrogens is 4. The molecule has 0 saturated carbocycles. The van der Waals surface area contributed by atoms with Crippen molar-refractivity contribution in [3.63, 3.8) is 0 Å². The van der Waals surface area contributed by atoms with Gasteiger partial charge in [-0.1, -0.05) is 35.9 Å². The summed E-state index contributed by atoms with van der Waals surface area (Å²) < 4.78 is 36.3. The number of nitrogens with zero attached hydrogens (tertiary/aromatic N) is 4. The van der Waals surface area contributed by atoms with E-state index in [-0.39, 0.29) is 4.90 Å². The van der Waals surface area contributed by atoms with Gasteiger partial charge in [-0.25, -0.2) is 22.4 Å². The molecule has 0 fully saturated rings. The Morgan fingerprint density at radius 3 is 2.67 bits per heavy atom. The highest BCUT2D eigenvalue weighted by Crippen LogP contribution is 2.40. The summed E-state index contributed by atoms with van der Waals surface area (Å²) in [6.07, 6.45) is 8.92. The van der Waals surface area contributed by atoms with E-state index < -0.39 is 15.6 Å². The van der Waals surface area contributed by atoms with E-state index in [0.717, 1.165) is 22.3 Å². The SMILES string of the molecule is Cc1ccc(S(=O)(=O)n2cc(-c3cc(-c4cccc([C@]5(O)CCn6ccnc65)c4)co3)c3cccnc32)cc1. The van der Waals surface area contributed by atoms with Gasteiger partial charge >= 0.3 is 0 Å². The van der Waals surface area contributed by atoms with E-state index in [1.54, 1.807) is 55.2 Å². The summed E-state index contributed by atoms with van der Waals surface area (Å²) in [5.41, 5.74) is 3.20. The second kappa shape index (κ2) is 8.52. The van der Waals surface area contributed by atoms with Crippen molar-refractivity contribution in [2.45, 2.75) is 30.4 Å². The zero-order valence-corrected chi connectivity index (χ0v) is 21.8. The molecule has 1 N–H and O–H groups in total. The van der Waals surface area contributed by atoms with Crippen LogP contribution in [-0.2, 0) is 22.2 Å². The molecule has 8 nitrogen and oxygen atoms in total. The third kappa shape index (κ3) is 3.65. The fourth-order valence-corrected chi connectivity index (χ4v) is 6.66. The molecular formula is C30H24N4O4S. The van der Waals surface area contributed by atoms with Crippen molar-refractivity contribution in [2.75, 3.05) is 0 Å². The fourth-order valence-electron chi connectivity index (χ4n) is 5.34. The second-order valence-corrected chi connectivity index (χ2v) is 11.7. The monoisotopic (exact) mass is 536 g/mol. The standard InChI is InChI=1S/C30H24N4O4S/c1-20-7-9-24(10-8-20)39(36,37)34-18-26(25-6-3-12-31-28(25)34)27-17-22(19-38-27)21-4-2-5-23(16-21)30(35)11-14-33-15-13-32-29(30)33/h2-10,12-13,15-19,35H,11,14H2,1H3/t30-/m1/s1. The van der Waals surface area contributed by atoms with Crippen molar-refractivity contribution in [3.05, 3.63) is 115 Å². The van der Waals surface area contributed by atoms with Crippen molar-refractivity contribution in [3.8, 4) is 22.5 Å². The number of benzene rings is 2. The molecule has 0 amide bonds. The van der Waals surface area contributed by atoms with Crippen LogP contribution in [0.25, 0.3) is 33.5 Å². The van der Waals surface area contributed by atoms with Crippen LogP contribution in [0.15, 0.2) is 107 Å². The number of hydrogen-bond acceptors (Lipinski definition) is 6. The Morgan fingerprint density at radius 1 is 0.974 bits per heavy atom. The summed E-state index contributed by atoms with van der Waals surface area (Å²) in [4.78, 5) is 8.96. The molecular weight excluding hydrogens is 512 g/mol. The lowest BCUT2D eigenvalue weighted by Crippen LogP contribution is -2.25. The quantitative estimate of drug-likeness (QED) is 0.319. The maximum Gasteiger partial charge on any atom is 0.269 e. The number of aryl methyl sites for hydroxylation is 2. The average Bonchev–Trinajstić information content (AvgIpc) is 3.74.